The van der Waals surface area contributed by atoms with Crippen molar-refractivity contribution in [3.8, 4) is 0 Å². The summed E-state index contributed by atoms with van der Waals surface area (Å²) in [5, 5.41) is 0.191. The van der Waals surface area contributed by atoms with Crippen LogP contribution in [0.15, 0.2) is 24.0 Å². The Hall–Kier alpha value is -0.478. The third-order valence-corrected chi connectivity index (χ3v) is 12.2. The van der Waals surface area contributed by atoms with E-state index in [9.17, 15) is 0 Å². The molecule has 0 radical (unpaired) electrons. The van der Waals surface area contributed by atoms with E-state index in [-0.39, 0.29) is 17.1 Å². The Morgan fingerprint density at radius 3 is 2.04 bits per heavy atom. The second-order valence-electron chi connectivity index (χ2n) is 10.8. The average Bonchev–Trinajstić information content (AvgIpc) is 2.61. The van der Waals surface area contributed by atoms with Crippen LogP contribution in [0.5, 0.6) is 0 Å². The van der Waals surface area contributed by atoms with Gasteiger partial charge in [0.05, 0.1) is 11.9 Å². The summed E-state index contributed by atoms with van der Waals surface area (Å²) in [5.74, 6) is 2.85. The molecule has 2 heterocycles. The van der Waals surface area contributed by atoms with E-state index in [0.717, 1.165) is 23.8 Å². The van der Waals surface area contributed by atoms with Crippen molar-refractivity contribution in [2.75, 3.05) is 0 Å². The molecule has 0 aromatic heterocycles. The Morgan fingerprint density at radius 1 is 1.14 bits per heavy atom. The molecule has 0 unspecified atom stereocenters. The van der Waals surface area contributed by atoms with Crippen molar-refractivity contribution in [1.29, 1.82) is 0 Å². The highest BCUT2D eigenvalue weighted by Crippen LogP contribution is 2.48. The molecule has 0 N–H and O–H groups in total. The molecule has 0 saturated carbocycles. The van der Waals surface area contributed by atoms with Gasteiger partial charge in [-0.1, -0.05) is 85.8 Å². The predicted octanol–water partition coefficient (Wildman–Crippen LogP) is 8.00. The molecule has 2 bridgehead atoms. The molecule has 0 aromatic carbocycles. The van der Waals surface area contributed by atoms with Crippen LogP contribution in [0.25, 0.3) is 0 Å². The van der Waals surface area contributed by atoms with Gasteiger partial charge >= 0.3 is 6.92 Å². The molecule has 28 heavy (non-hydrogen) atoms. The molecule has 0 amide bonds. The van der Waals surface area contributed by atoms with Crippen LogP contribution < -0.4 is 0 Å². The summed E-state index contributed by atoms with van der Waals surface area (Å²) >= 11 is 0. The third-order valence-electron chi connectivity index (χ3n) is 7.77. The van der Waals surface area contributed by atoms with E-state index in [0.29, 0.717) is 6.92 Å². The van der Waals surface area contributed by atoms with E-state index in [2.05, 4.69) is 67.3 Å². The molecule has 2 rings (SSSR count). The number of fused-ring (bicyclic) bond motifs is 2. The lowest BCUT2D eigenvalue weighted by Gasteiger charge is -2.43. The summed E-state index contributed by atoms with van der Waals surface area (Å²) < 4.78 is 13.7. The van der Waals surface area contributed by atoms with Crippen LogP contribution in [0.2, 0.25) is 29.8 Å². The van der Waals surface area contributed by atoms with Gasteiger partial charge in [-0.2, -0.15) is 0 Å². The first kappa shape index (κ1) is 23.8. The molecule has 2 fully saturated rings. The number of hydrogen-bond acceptors (Lipinski definition) is 2. The van der Waals surface area contributed by atoms with Crippen molar-refractivity contribution < 1.29 is 9.08 Å². The predicted molar refractivity (Wildman–Crippen MR) is 126 cm³/mol. The molecule has 2 aliphatic heterocycles. The maximum absolute atomic E-state index is 6.90. The Bertz CT molecular complexity index is 541. The minimum atomic E-state index is -1.89. The van der Waals surface area contributed by atoms with E-state index < -0.39 is 8.32 Å². The van der Waals surface area contributed by atoms with Crippen LogP contribution in [-0.2, 0) is 9.08 Å². The van der Waals surface area contributed by atoms with Crippen LogP contribution in [-0.4, -0.2) is 21.3 Å². The summed E-state index contributed by atoms with van der Waals surface area (Å²) in [6.07, 6.45) is 11.3. The fraction of sp³-hybridized carbons (Fsp3) is 0.833. The van der Waals surface area contributed by atoms with Crippen molar-refractivity contribution in [2.24, 2.45) is 5.92 Å². The first-order chi connectivity index (χ1) is 13.0. The lowest BCUT2D eigenvalue weighted by molar-refractivity contribution is 0.146. The molecule has 2 nitrogen and oxygen atoms in total. The first-order valence-electron chi connectivity index (χ1n) is 11.7. The molecule has 0 spiro atoms. The van der Waals surface area contributed by atoms with Gasteiger partial charge in [0.1, 0.15) is 0 Å². The highest BCUT2D eigenvalue weighted by Gasteiger charge is 2.45. The van der Waals surface area contributed by atoms with Crippen molar-refractivity contribution in [1.82, 2.24) is 0 Å². The van der Waals surface area contributed by atoms with Gasteiger partial charge in [0, 0.05) is 5.92 Å². The second-order valence-corrected chi connectivity index (χ2v) is 15.5. The molecule has 0 aliphatic carbocycles. The standard InChI is InChI=1S/C24H45BO2Si/c1-10-18(3)23(27-28(8,9)24(5,6)7)19(4)22(11-2)26-25-20-14-12-15-21(25)17-13-16-20/h11,19-21,23H,3,10,12-17H2,1-2,4-9H3/b22-11-/t19-,20?,21?,23-/m1/s1. The number of hydrogen-bond donors (Lipinski definition) is 0. The van der Waals surface area contributed by atoms with Crippen LogP contribution in [0, 0.1) is 5.92 Å². The Morgan fingerprint density at radius 2 is 1.64 bits per heavy atom. The fourth-order valence-electron chi connectivity index (χ4n) is 4.79. The molecule has 0 aromatic rings. The van der Waals surface area contributed by atoms with E-state index in [1.165, 1.54) is 44.1 Å². The van der Waals surface area contributed by atoms with Crippen LogP contribution in [0.1, 0.15) is 86.5 Å². The number of rotatable bonds is 8. The van der Waals surface area contributed by atoms with Gasteiger partial charge in [0.15, 0.2) is 8.32 Å². The molecule has 160 valence electrons. The Labute approximate surface area is 176 Å². The molecule has 2 atom stereocenters. The normalized spacial score (nSPS) is 26.0. The second kappa shape index (κ2) is 9.55. The monoisotopic (exact) mass is 404 g/mol. The highest BCUT2D eigenvalue weighted by atomic mass is 28.4. The topological polar surface area (TPSA) is 18.5 Å². The molecular weight excluding hydrogens is 359 g/mol. The van der Waals surface area contributed by atoms with Crippen molar-refractivity contribution in [2.45, 2.75) is 122 Å². The minimum absolute atomic E-state index is 0.0422. The van der Waals surface area contributed by atoms with Gasteiger partial charge in [0.2, 0.25) is 0 Å². The van der Waals surface area contributed by atoms with E-state index in [4.69, 9.17) is 9.08 Å². The minimum Gasteiger partial charge on any atom is -0.563 e. The van der Waals surface area contributed by atoms with Gasteiger partial charge in [-0.05, 0) is 48.7 Å². The largest absolute Gasteiger partial charge is 0.563 e. The molecule has 4 heteroatoms. The smallest absolute Gasteiger partial charge is 0.363 e. The molecule has 2 saturated heterocycles. The molecular formula is C24H45BO2Si. The number of allylic oxidation sites excluding steroid dienone is 1. The van der Waals surface area contributed by atoms with E-state index in [1.54, 1.807) is 0 Å². The zero-order valence-corrected chi connectivity index (χ0v) is 20.9. The maximum Gasteiger partial charge on any atom is 0.363 e. The van der Waals surface area contributed by atoms with Gasteiger partial charge in [-0.15, -0.1) is 0 Å². The van der Waals surface area contributed by atoms with Crippen molar-refractivity contribution >= 4 is 15.2 Å². The van der Waals surface area contributed by atoms with Crippen LogP contribution in [0.3, 0.4) is 0 Å². The lowest BCUT2D eigenvalue weighted by atomic mass is 9.38. The van der Waals surface area contributed by atoms with E-state index in [1.807, 2.05) is 0 Å². The van der Waals surface area contributed by atoms with E-state index >= 15 is 0 Å². The van der Waals surface area contributed by atoms with Crippen molar-refractivity contribution in [3.05, 3.63) is 24.0 Å². The molecule has 2 aliphatic rings. The lowest BCUT2D eigenvalue weighted by Crippen LogP contribution is -2.46. The highest BCUT2D eigenvalue weighted by molar-refractivity contribution is 6.74. The quantitative estimate of drug-likeness (QED) is 0.232. The van der Waals surface area contributed by atoms with Gasteiger partial charge < -0.3 is 9.08 Å². The summed E-state index contributed by atoms with van der Waals surface area (Å²) in [4.78, 5) is 0. The summed E-state index contributed by atoms with van der Waals surface area (Å²) in [6.45, 7) is 23.0. The van der Waals surface area contributed by atoms with Gasteiger partial charge in [0.25, 0.3) is 0 Å². The first-order valence-corrected chi connectivity index (χ1v) is 14.6. The SMILES string of the molecule is C=C(CC)[C@@H](O[Si](C)(C)C(C)(C)C)[C@H](C)/C(=C/C)OB1C2CCCC1CCC2. The Kier molecular flexibility index (Phi) is 8.12. The zero-order chi connectivity index (χ0) is 21.1. The van der Waals surface area contributed by atoms with Crippen LogP contribution >= 0.6 is 0 Å². The average molecular weight is 405 g/mol. The fourth-order valence-corrected chi connectivity index (χ4v) is 6.15. The zero-order valence-electron chi connectivity index (χ0n) is 19.9. The maximum atomic E-state index is 6.90. The van der Waals surface area contributed by atoms with Gasteiger partial charge in [-0.25, -0.2) is 0 Å². The van der Waals surface area contributed by atoms with Crippen molar-refractivity contribution in [3.63, 3.8) is 0 Å². The summed E-state index contributed by atoms with van der Waals surface area (Å²) in [7, 11) is -1.89. The van der Waals surface area contributed by atoms with Gasteiger partial charge in [-0.3, -0.25) is 0 Å². The third kappa shape index (κ3) is 5.36. The summed E-state index contributed by atoms with van der Waals surface area (Å²) in [5.41, 5.74) is 1.20. The Balaban J connectivity index is 2.19. The summed E-state index contributed by atoms with van der Waals surface area (Å²) in [6, 6.07) is 0. The van der Waals surface area contributed by atoms with Crippen LogP contribution in [0.4, 0.5) is 0 Å².